The van der Waals surface area contributed by atoms with Crippen LogP contribution in [0.25, 0.3) is 10.9 Å². The van der Waals surface area contributed by atoms with E-state index in [0.29, 0.717) is 21.6 Å². The van der Waals surface area contributed by atoms with Gasteiger partial charge >= 0.3 is 6.03 Å². The Kier molecular flexibility index (Phi) is 5.85. The molecule has 1 fully saturated rings. The van der Waals surface area contributed by atoms with Crippen LogP contribution < -0.4 is 5.32 Å². The number of piperidine rings is 1. The maximum Gasteiger partial charge on any atom is 0.321 e. The molecule has 0 saturated carbocycles. The summed E-state index contributed by atoms with van der Waals surface area (Å²) in [5.41, 5.74) is 1.91. The number of hydrogen-bond acceptors (Lipinski definition) is 3. The van der Waals surface area contributed by atoms with Gasteiger partial charge in [-0.25, -0.2) is 13.6 Å². The number of carbonyl (C=O) groups excluding carboxylic acids is 1. The number of rotatable bonds is 4. The fraction of sp³-hybridized carbons (Fsp3) is 0.364. The molecular weight excluding hydrogens is 426 g/mol. The summed E-state index contributed by atoms with van der Waals surface area (Å²) in [5.74, 6) is -4.38. The van der Waals surface area contributed by atoms with Crippen LogP contribution in [0.1, 0.15) is 30.1 Å². The Hall–Kier alpha value is -2.71. The van der Waals surface area contributed by atoms with Gasteiger partial charge in [-0.2, -0.15) is 5.10 Å². The zero-order chi connectivity index (χ0) is 22.2. The number of amides is 2. The van der Waals surface area contributed by atoms with Crippen LogP contribution in [0.2, 0.25) is 5.02 Å². The minimum atomic E-state index is -3.34. The quantitative estimate of drug-likeness (QED) is 0.517. The van der Waals surface area contributed by atoms with Gasteiger partial charge in [0.05, 0.1) is 11.7 Å². The number of aromatic nitrogens is 2. The molecule has 2 aromatic carbocycles. The van der Waals surface area contributed by atoms with Crippen LogP contribution in [0.4, 0.5) is 19.3 Å². The molecule has 1 unspecified atom stereocenters. The van der Waals surface area contributed by atoms with Crippen LogP contribution in [0.5, 0.6) is 0 Å². The lowest BCUT2D eigenvalue weighted by molar-refractivity contribution is -0.159. The van der Waals surface area contributed by atoms with Crippen LogP contribution in [0, 0.1) is 12.8 Å². The Morgan fingerprint density at radius 1 is 1.29 bits per heavy atom. The summed E-state index contributed by atoms with van der Waals surface area (Å²) in [6.45, 7) is 2.15. The Morgan fingerprint density at radius 2 is 1.97 bits per heavy atom. The molecule has 3 aromatic rings. The van der Waals surface area contributed by atoms with E-state index in [1.807, 2.05) is 6.07 Å². The number of aliphatic hydroxyl groups is 1. The van der Waals surface area contributed by atoms with Crippen molar-refractivity contribution < 1.29 is 18.7 Å². The number of carbonyl (C=O) groups is 1. The number of likely N-dealkylation sites (tertiary alicyclic amines) is 1. The molecule has 2 amide bonds. The summed E-state index contributed by atoms with van der Waals surface area (Å²) in [5, 5.41) is 21.2. The third kappa shape index (κ3) is 4.36. The zero-order valence-electron chi connectivity index (χ0n) is 16.9. The van der Waals surface area contributed by atoms with Crippen molar-refractivity contribution in [2.75, 3.05) is 18.4 Å². The molecule has 0 bridgehead atoms. The number of urea groups is 1. The third-order valence-electron chi connectivity index (χ3n) is 5.80. The SMILES string of the molecule is Cc1cc(C(O)C(F)(F)C2CCN(C(=O)Nc3ccc(Cl)cc3)CC2)c2[nH]ncc2c1. The van der Waals surface area contributed by atoms with Gasteiger partial charge < -0.3 is 15.3 Å². The van der Waals surface area contributed by atoms with Crippen molar-refractivity contribution in [1.82, 2.24) is 15.1 Å². The molecule has 1 saturated heterocycles. The fourth-order valence-corrected chi connectivity index (χ4v) is 4.22. The predicted molar refractivity (Wildman–Crippen MR) is 116 cm³/mol. The van der Waals surface area contributed by atoms with Gasteiger partial charge in [-0.15, -0.1) is 0 Å². The van der Waals surface area contributed by atoms with E-state index < -0.39 is 17.9 Å². The average molecular weight is 449 g/mol. The number of anilines is 1. The van der Waals surface area contributed by atoms with Crippen molar-refractivity contribution in [1.29, 1.82) is 0 Å². The largest absolute Gasteiger partial charge is 0.382 e. The molecule has 164 valence electrons. The zero-order valence-corrected chi connectivity index (χ0v) is 17.7. The fourth-order valence-electron chi connectivity index (χ4n) is 4.09. The number of nitrogens with zero attached hydrogens (tertiary/aromatic N) is 2. The number of fused-ring (bicyclic) bond motifs is 1. The molecule has 31 heavy (non-hydrogen) atoms. The standard InChI is InChI=1S/C22H23ClF2N4O2/c1-13-10-14-12-26-28-19(14)18(11-13)20(30)22(24,25)15-6-8-29(9-7-15)21(31)27-17-4-2-16(23)3-5-17/h2-5,10-12,15,20,30H,6-9H2,1H3,(H,26,28)(H,27,31). The minimum absolute atomic E-state index is 0.0933. The van der Waals surface area contributed by atoms with E-state index in [2.05, 4.69) is 15.5 Å². The van der Waals surface area contributed by atoms with Crippen molar-refractivity contribution in [3.05, 3.63) is 58.7 Å². The van der Waals surface area contributed by atoms with Gasteiger partial charge in [0.2, 0.25) is 0 Å². The molecule has 2 heterocycles. The van der Waals surface area contributed by atoms with Crippen molar-refractivity contribution in [2.45, 2.75) is 31.8 Å². The van der Waals surface area contributed by atoms with Gasteiger partial charge in [-0.05, 0) is 55.7 Å². The van der Waals surface area contributed by atoms with E-state index in [9.17, 15) is 9.90 Å². The molecule has 9 heteroatoms. The highest BCUT2D eigenvalue weighted by molar-refractivity contribution is 6.30. The third-order valence-corrected chi connectivity index (χ3v) is 6.06. The Balaban J connectivity index is 1.42. The number of H-pyrrole nitrogens is 1. The second-order valence-corrected chi connectivity index (χ2v) is 8.40. The van der Waals surface area contributed by atoms with Gasteiger partial charge in [0.1, 0.15) is 6.10 Å². The summed E-state index contributed by atoms with van der Waals surface area (Å²) >= 11 is 5.84. The average Bonchev–Trinajstić information content (AvgIpc) is 3.22. The highest BCUT2D eigenvalue weighted by Gasteiger charge is 2.48. The molecule has 0 radical (unpaired) electrons. The molecule has 0 aliphatic carbocycles. The highest BCUT2D eigenvalue weighted by Crippen LogP contribution is 2.44. The minimum Gasteiger partial charge on any atom is -0.382 e. The number of benzene rings is 2. The smallest absolute Gasteiger partial charge is 0.321 e. The molecule has 1 atom stereocenters. The van der Waals surface area contributed by atoms with Crippen LogP contribution in [0.3, 0.4) is 0 Å². The van der Waals surface area contributed by atoms with E-state index in [-0.39, 0.29) is 37.5 Å². The van der Waals surface area contributed by atoms with E-state index in [4.69, 9.17) is 11.6 Å². The second-order valence-electron chi connectivity index (χ2n) is 7.96. The van der Waals surface area contributed by atoms with Gasteiger partial charge in [-0.1, -0.05) is 17.7 Å². The van der Waals surface area contributed by atoms with E-state index >= 15 is 8.78 Å². The van der Waals surface area contributed by atoms with Crippen LogP contribution in [-0.2, 0) is 0 Å². The van der Waals surface area contributed by atoms with Gasteiger partial charge in [-0.3, -0.25) is 5.10 Å². The first-order valence-corrected chi connectivity index (χ1v) is 10.4. The van der Waals surface area contributed by atoms with E-state index in [0.717, 1.165) is 5.56 Å². The summed E-state index contributed by atoms with van der Waals surface area (Å²) in [7, 11) is 0. The molecule has 0 spiro atoms. The van der Waals surface area contributed by atoms with Crippen LogP contribution >= 0.6 is 11.6 Å². The monoisotopic (exact) mass is 448 g/mol. The van der Waals surface area contributed by atoms with Crippen molar-refractivity contribution in [3.63, 3.8) is 0 Å². The molecule has 3 N–H and O–H groups in total. The van der Waals surface area contributed by atoms with Crippen LogP contribution in [-0.4, -0.2) is 45.2 Å². The lowest BCUT2D eigenvalue weighted by Crippen LogP contribution is -2.46. The first-order valence-electron chi connectivity index (χ1n) is 10.1. The Labute approximate surface area is 183 Å². The van der Waals surface area contributed by atoms with Gasteiger partial charge in [0.25, 0.3) is 5.92 Å². The number of alkyl halides is 2. The van der Waals surface area contributed by atoms with Crippen molar-refractivity contribution >= 4 is 34.2 Å². The molecule has 1 aromatic heterocycles. The first kappa shape index (κ1) is 21.5. The topological polar surface area (TPSA) is 81.2 Å². The summed E-state index contributed by atoms with van der Waals surface area (Å²) in [4.78, 5) is 14.0. The summed E-state index contributed by atoms with van der Waals surface area (Å²) < 4.78 is 30.5. The summed E-state index contributed by atoms with van der Waals surface area (Å²) in [6.07, 6.45) is -0.227. The highest BCUT2D eigenvalue weighted by atomic mass is 35.5. The number of aromatic amines is 1. The van der Waals surface area contributed by atoms with Gasteiger partial charge in [0.15, 0.2) is 0 Å². The molecule has 6 nitrogen and oxygen atoms in total. The number of aryl methyl sites for hydroxylation is 1. The maximum absolute atomic E-state index is 15.3. The number of hydrogen-bond donors (Lipinski definition) is 3. The predicted octanol–water partition coefficient (Wildman–Crippen LogP) is 5.14. The molecule has 1 aliphatic heterocycles. The van der Waals surface area contributed by atoms with E-state index in [1.165, 1.54) is 4.90 Å². The van der Waals surface area contributed by atoms with E-state index in [1.54, 1.807) is 43.5 Å². The second kappa shape index (κ2) is 8.43. The molecular formula is C22H23ClF2N4O2. The number of halogens is 3. The van der Waals surface area contributed by atoms with Crippen LogP contribution in [0.15, 0.2) is 42.6 Å². The first-order chi connectivity index (χ1) is 14.8. The Bertz CT molecular complexity index is 1080. The lowest BCUT2D eigenvalue weighted by atomic mass is 9.84. The molecule has 4 rings (SSSR count). The molecule has 1 aliphatic rings. The maximum atomic E-state index is 15.3. The number of aliphatic hydroxyl groups excluding tert-OH is 1. The number of nitrogens with one attached hydrogen (secondary N) is 2. The normalized spacial score (nSPS) is 16.5. The van der Waals surface area contributed by atoms with Gasteiger partial charge in [0, 0.05) is 40.7 Å². The Morgan fingerprint density at radius 3 is 2.65 bits per heavy atom. The van der Waals surface area contributed by atoms with Crippen molar-refractivity contribution in [3.8, 4) is 0 Å². The lowest BCUT2D eigenvalue weighted by Gasteiger charge is -2.37. The summed E-state index contributed by atoms with van der Waals surface area (Å²) in [6, 6.07) is 9.72. The van der Waals surface area contributed by atoms with Crippen molar-refractivity contribution in [2.24, 2.45) is 5.92 Å².